The molecular weight excluding hydrogens is 548 g/mol. The van der Waals surface area contributed by atoms with E-state index in [2.05, 4.69) is 52.6 Å². The van der Waals surface area contributed by atoms with Gasteiger partial charge in [0.15, 0.2) is 0 Å². The average molecular weight is 589 g/mol. The van der Waals surface area contributed by atoms with Crippen molar-refractivity contribution >= 4 is 43.4 Å². The van der Waals surface area contributed by atoms with Crippen LogP contribution in [-0.2, 0) is 27.7 Å². The van der Waals surface area contributed by atoms with Crippen LogP contribution in [0.25, 0.3) is 10.1 Å². The number of carbonyl (C=O) groups is 1. The van der Waals surface area contributed by atoms with Crippen LogP contribution in [0.15, 0.2) is 46.8 Å². The fourth-order valence-electron chi connectivity index (χ4n) is 5.13. The van der Waals surface area contributed by atoms with Crippen LogP contribution in [0.1, 0.15) is 52.7 Å². The molecule has 2 aromatic heterocycles. The summed E-state index contributed by atoms with van der Waals surface area (Å²) in [5.74, 6) is 0.712. The summed E-state index contributed by atoms with van der Waals surface area (Å²) in [7, 11) is -3.61. The zero-order valence-electron chi connectivity index (χ0n) is 24.2. The van der Waals surface area contributed by atoms with Crippen molar-refractivity contribution < 1.29 is 23.1 Å². The number of nitrogens with zero attached hydrogens (tertiary/aromatic N) is 4. The van der Waals surface area contributed by atoms with Crippen molar-refractivity contribution in [2.75, 3.05) is 37.6 Å². The fraction of sp³-hybridized carbons (Fsp3) is 0.517. The molecule has 0 radical (unpaired) electrons. The van der Waals surface area contributed by atoms with Crippen LogP contribution in [0.2, 0.25) is 0 Å². The summed E-state index contributed by atoms with van der Waals surface area (Å²) in [4.78, 5) is 19.1. The molecule has 40 heavy (non-hydrogen) atoms. The van der Waals surface area contributed by atoms with Gasteiger partial charge in [-0.05, 0) is 71.2 Å². The number of pyridine rings is 1. The first-order chi connectivity index (χ1) is 18.6. The number of sulfonamides is 1. The normalized spacial score (nSPS) is 16.9. The summed E-state index contributed by atoms with van der Waals surface area (Å²) in [5.41, 5.74) is 2.23. The lowest BCUT2D eigenvalue weighted by Crippen LogP contribution is -2.48. The summed E-state index contributed by atoms with van der Waals surface area (Å²) >= 11 is 1.26. The number of anilines is 1. The van der Waals surface area contributed by atoms with E-state index in [9.17, 15) is 13.2 Å². The SMILES string of the molecule is CC(C)(C)OC(C)(C)C.O=C(O)N1CCN(c2nccc3sc(S(=O)(=O)N4CCc5ccccc5C4)cc23)CC1. The number of carboxylic acid groups (broad SMARTS) is 1. The van der Waals surface area contributed by atoms with Gasteiger partial charge in [-0.2, -0.15) is 4.31 Å². The van der Waals surface area contributed by atoms with Crippen molar-refractivity contribution in [1.29, 1.82) is 0 Å². The molecule has 1 N–H and O–H groups in total. The Morgan fingerprint density at radius 3 is 2.15 bits per heavy atom. The summed E-state index contributed by atoms with van der Waals surface area (Å²) in [6, 6.07) is 11.5. The van der Waals surface area contributed by atoms with Crippen molar-refractivity contribution in [3.63, 3.8) is 0 Å². The Labute approximate surface area is 241 Å². The number of benzene rings is 1. The topological polar surface area (TPSA) is 103 Å². The molecule has 5 rings (SSSR count). The van der Waals surface area contributed by atoms with Gasteiger partial charge in [0, 0.05) is 55.6 Å². The Kier molecular flexibility index (Phi) is 8.79. The zero-order valence-corrected chi connectivity index (χ0v) is 25.8. The lowest BCUT2D eigenvalue weighted by molar-refractivity contribution is -0.102. The third-order valence-electron chi connectivity index (χ3n) is 6.55. The minimum atomic E-state index is -3.61. The van der Waals surface area contributed by atoms with E-state index in [1.54, 1.807) is 16.6 Å². The molecule has 2 aliphatic heterocycles. The molecule has 0 aliphatic carbocycles. The Hall–Kier alpha value is -2.73. The van der Waals surface area contributed by atoms with Gasteiger partial charge in [0.25, 0.3) is 10.0 Å². The smallest absolute Gasteiger partial charge is 0.407 e. The van der Waals surface area contributed by atoms with Gasteiger partial charge in [-0.25, -0.2) is 18.2 Å². The number of rotatable bonds is 3. The monoisotopic (exact) mass is 588 g/mol. The highest BCUT2D eigenvalue weighted by molar-refractivity contribution is 7.91. The maximum absolute atomic E-state index is 13.4. The largest absolute Gasteiger partial charge is 0.465 e. The number of hydrogen-bond acceptors (Lipinski definition) is 7. The van der Waals surface area contributed by atoms with Crippen molar-refractivity contribution in [3.8, 4) is 0 Å². The van der Waals surface area contributed by atoms with Crippen LogP contribution in [0, 0.1) is 0 Å². The maximum Gasteiger partial charge on any atom is 0.407 e. The number of piperazine rings is 1. The van der Waals surface area contributed by atoms with Gasteiger partial charge in [0.2, 0.25) is 0 Å². The predicted molar refractivity (Wildman–Crippen MR) is 160 cm³/mol. The highest BCUT2D eigenvalue weighted by Crippen LogP contribution is 2.37. The summed E-state index contributed by atoms with van der Waals surface area (Å²) in [6.45, 7) is 15.1. The second-order valence-corrected chi connectivity index (χ2v) is 15.3. The molecule has 3 aromatic rings. The molecule has 4 heterocycles. The van der Waals surface area contributed by atoms with Gasteiger partial charge in [-0.3, -0.25) is 0 Å². The van der Waals surface area contributed by atoms with Crippen LogP contribution in [0.5, 0.6) is 0 Å². The molecule has 1 aromatic carbocycles. The lowest BCUT2D eigenvalue weighted by Gasteiger charge is -2.34. The minimum Gasteiger partial charge on any atom is -0.465 e. The number of thiophene rings is 1. The zero-order chi connectivity index (χ0) is 29.3. The van der Waals surface area contributed by atoms with E-state index < -0.39 is 16.1 Å². The van der Waals surface area contributed by atoms with Crippen molar-refractivity contribution in [1.82, 2.24) is 14.2 Å². The first-order valence-electron chi connectivity index (χ1n) is 13.5. The van der Waals surface area contributed by atoms with E-state index in [1.165, 1.54) is 21.8 Å². The standard InChI is InChI=1S/C21H22N4O4S2.C8H18O/c26-21(27)24-11-9-23(10-12-24)20-17-13-19(30-18(17)5-7-22-20)31(28,29)25-8-6-15-3-1-2-4-16(15)14-25;1-7(2,3)9-8(4,5)6/h1-5,7,13H,6,8-12,14H2,(H,26,27);1-6H3. The van der Waals surface area contributed by atoms with Gasteiger partial charge < -0.3 is 19.6 Å². The van der Waals surface area contributed by atoms with Gasteiger partial charge in [0.05, 0.1) is 11.2 Å². The van der Waals surface area contributed by atoms with Crippen LogP contribution < -0.4 is 4.90 Å². The van der Waals surface area contributed by atoms with E-state index in [4.69, 9.17) is 9.84 Å². The quantitative estimate of drug-likeness (QED) is 0.434. The maximum atomic E-state index is 13.4. The van der Waals surface area contributed by atoms with Crippen LogP contribution in [0.4, 0.5) is 10.6 Å². The second kappa shape index (κ2) is 11.6. The first-order valence-corrected chi connectivity index (χ1v) is 15.8. The number of aromatic nitrogens is 1. The molecule has 218 valence electrons. The Bertz CT molecular complexity index is 1440. The summed E-state index contributed by atoms with van der Waals surface area (Å²) in [6.07, 6.45) is 1.48. The molecule has 2 aliphatic rings. The van der Waals surface area contributed by atoms with Gasteiger partial charge in [-0.1, -0.05) is 24.3 Å². The summed E-state index contributed by atoms with van der Waals surface area (Å²) < 4.78 is 35.2. The Morgan fingerprint density at radius 1 is 0.950 bits per heavy atom. The molecule has 11 heteroatoms. The van der Waals surface area contributed by atoms with Crippen molar-refractivity contribution in [3.05, 3.63) is 53.7 Å². The van der Waals surface area contributed by atoms with Crippen molar-refractivity contribution in [2.45, 2.75) is 69.9 Å². The van der Waals surface area contributed by atoms with Gasteiger partial charge >= 0.3 is 6.09 Å². The van der Waals surface area contributed by atoms with Gasteiger partial charge in [-0.15, -0.1) is 11.3 Å². The fourth-order valence-corrected chi connectivity index (χ4v) is 8.09. The molecule has 0 bridgehead atoms. The summed E-state index contributed by atoms with van der Waals surface area (Å²) in [5, 5.41) is 9.97. The number of ether oxygens (including phenoxy) is 1. The molecule has 0 saturated carbocycles. The molecule has 1 amide bonds. The van der Waals surface area contributed by atoms with Crippen LogP contribution >= 0.6 is 11.3 Å². The molecular formula is C29H40N4O5S2. The minimum absolute atomic E-state index is 0.0156. The molecule has 9 nitrogen and oxygen atoms in total. The predicted octanol–water partition coefficient (Wildman–Crippen LogP) is 5.44. The van der Waals surface area contributed by atoms with E-state index >= 15 is 0 Å². The number of hydrogen-bond donors (Lipinski definition) is 1. The molecule has 0 atom stereocenters. The Morgan fingerprint density at radius 2 is 1.57 bits per heavy atom. The Balaban J connectivity index is 0.000000357. The average Bonchev–Trinajstić information content (AvgIpc) is 3.32. The molecule has 0 spiro atoms. The number of fused-ring (bicyclic) bond motifs is 2. The van der Waals surface area contributed by atoms with Crippen LogP contribution in [0.3, 0.4) is 0 Å². The third kappa shape index (κ3) is 7.31. The van der Waals surface area contributed by atoms with Crippen molar-refractivity contribution in [2.24, 2.45) is 0 Å². The van der Waals surface area contributed by atoms with E-state index in [0.29, 0.717) is 55.7 Å². The number of amides is 1. The third-order valence-corrected chi connectivity index (χ3v) is 9.95. The first kappa shape index (κ1) is 30.2. The van der Waals surface area contributed by atoms with Crippen LogP contribution in [-0.4, -0.2) is 77.7 Å². The molecule has 1 saturated heterocycles. The second-order valence-electron chi connectivity index (χ2n) is 12.1. The van der Waals surface area contributed by atoms with E-state index in [0.717, 1.165) is 15.6 Å². The van der Waals surface area contributed by atoms with Gasteiger partial charge in [0.1, 0.15) is 10.0 Å². The van der Waals surface area contributed by atoms with E-state index in [1.807, 2.05) is 29.2 Å². The molecule has 1 fully saturated rings. The highest BCUT2D eigenvalue weighted by atomic mass is 32.2. The van der Waals surface area contributed by atoms with E-state index in [-0.39, 0.29) is 11.2 Å². The molecule has 0 unspecified atom stereocenters. The highest BCUT2D eigenvalue weighted by Gasteiger charge is 2.31. The lowest BCUT2D eigenvalue weighted by atomic mass is 10.0.